The molecule has 80 valence electrons. The summed E-state index contributed by atoms with van der Waals surface area (Å²) in [5.74, 6) is 0. The molecular formula is C7H16O6. The second-order valence-electron chi connectivity index (χ2n) is 2.69. The van der Waals surface area contributed by atoms with Crippen LogP contribution in [0.1, 0.15) is 6.42 Å². The van der Waals surface area contributed by atoms with Crippen molar-refractivity contribution in [1.29, 1.82) is 0 Å². The first-order chi connectivity index (χ1) is 6.04. The van der Waals surface area contributed by atoms with Crippen LogP contribution in [0.3, 0.4) is 0 Å². The van der Waals surface area contributed by atoms with Crippen molar-refractivity contribution in [3.05, 3.63) is 0 Å². The summed E-state index contributed by atoms with van der Waals surface area (Å²) in [5.41, 5.74) is 0. The van der Waals surface area contributed by atoms with Crippen LogP contribution in [-0.2, 0) is 4.74 Å². The molecule has 0 saturated heterocycles. The fourth-order valence-electron chi connectivity index (χ4n) is 0.839. The smallest absolute Gasteiger partial charge is 0.183 e. The first-order valence-corrected chi connectivity index (χ1v) is 3.90. The monoisotopic (exact) mass is 196 g/mol. The van der Waals surface area contributed by atoms with Crippen LogP contribution in [0.2, 0.25) is 0 Å². The average Bonchev–Trinajstić information content (AvgIpc) is 2.14. The van der Waals surface area contributed by atoms with Gasteiger partial charge in [-0.25, -0.2) is 0 Å². The predicted molar refractivity (Wildman–Crippen MR) is 42.7 cm³/mol. The van der Waals surface area contributed by atoms with Crippen molar-refractivity contribution in [2.75, 3.05) is 13.7 Å². The van der Waals surface area contributed by atoms with Gasteiger partial charge in [-0.1, -0.05) is 0 Å². The van der Waals surface area contributed by atoms with Gasteiger partial charge in [0.15, 0.2) is 6.29 Å². The van der Waals surface area contributed by atoms with E-state index in [1.54, 1.807) is 0 Å². The molecule has 0 aromatic carbocycles. The SMILES string of the molecule is CO[C@@H](O)C(O)[C@H](O)[C@H](O)CCO. The van der Waals surface area contributed by atoms with Gasteiger partial charge in [0.25, 0.3) is 0 Å². The molecule has 1 unspecified atom stereocenters. The number of aliphatic hydroxyl groups excluding tert-OH is 5. The Kier molecular flexibility index (Phi) is 6.13. The minimum absolute atomic E-state index is 0.0747. The normalized spacial score (nSPS) is 20.8. The summed E-state index contributed by atoms with van der Waals surface area (Å²) in [5, 5.41) is 44.7. The van der Waals surface area contributed by atoms with Crippen molar-refractivity contribution >= 4 is 0 Å². The van der Waals surface area contributed by atoms with Crippen molar-refractivity contribution in [3.8, 4) is 0 Å². The largest absolute Gasteiger partial charge is 0.396 e. The van der Waals surface area contributed by atoms with Gasteiger partial charge < -0.3 is 30.3 Å². The van der Waals surface area contributed by atoms with Gasteiger partial charge in [-0.3, -0.25) is 0 Å². The quantitative estimate of drug-likeness (QED) is 0.298. The molecule has 13 heavy (non-hydrogen) atoms. The van der Waals surface area contributed by atoms with E-state index in [1.165, 1.54) is 0 Å². The molecule has 6 heteroatoms. The molecule has 0 aliphatic carbocycles. The van der Waals surface area contributed by atoms with E-state index in [0.717, 1.165) is 7.11 Å². The van der Waals surface area contributed by atoms with Crippen molar-refractivity contribution < 1.29 is 30.3 Å². The molecule has 0 amide bonds. The maximum atomic E-state index is 9.17. The highest BCUT2D eigenvalue weighted by atomic mass is 16.6. The highest BCUT2D eigenvalue weighted by Crippen LogP contribution is 2.07. The fourth-order valence-corrected chi connectivity index (χ4v) is 0.839. The molecule has 0 aromatic rings. The molecule has 0 rings (SSSR count). The van der Waals surface area contributed by atoms with Gasteiger partial charge in [0.05, 0.1) is 6.10 Å². The lowest BCUT2D eigenvalue weighted by Gasteiger charge is -2.25. The summed E-state index contributed by atoms with van der Waals surface area (Å²) < 4.78 is 4.33. The van der Waals surface area contributed by atoms with Crippen LogP contribution in [0.5, 0.6) is 0 Å². The molecule has 0 aliphatic rings. The van der Waals surface area contributed by atoms with Crippen molar-refractivity contribution in [1.82, 2.24) is 0 Å². The van der Waals surface area contributed by atoms with E-state index in [4.69, 9.17) is 25.5 Å². The number of aliphatic hydroxyl groups is 5. The van der Waals surface area contributed by atoms with Gasteiger partial charge >= 0.3 is 0 Å². The molecule has 0 aromatic heterocycles. The van der Waals surface area contributed by atoms with Crippen molar-refractivity contribution in [3.63, 3.8) is 0 Å². The first-order valence-electron chi connectivity index (χ1n) is 3.90. The van der Waals surface area contributed by atoms with Crippen LogP contribution in [-0.4, -0.2) is 63.9 Å². The molecule has 0 heterocycles. The number of rotatable bonds is 6. The minimum Gasteiger partial charge on any atom is -0.396 e. The van der Waals surface area contributed by atoms with E-state index in [0.29, 0.717) is 0 Å². The Balaban J connectivity index is 3.99. The zero-order valence-electron chi connectivity index (χ0n) is 7.37. The van der Waals surface area contributed by atoms with Crippen molar-refractivity contribution in [2.24, 2.45) is 0 Å². The van der Waals surface area contributed by atoms with Crippen LogP contribution in [0.25, 0.3) is 0 Å². The summed E-state index contributed by atoms with van der Waals surface area (Å²) in [6, 6.07) is 0. The molecule has 0 saturated carbocycles. The third kappa shape index (κ3) is 3.99. The van der Waals surface area contributed by atoms with E-state index >= 15 is 0 Å². The first kappa shape index (κ1) is 12.8. The van der Waals surface area contributed by atoms with E-state index in [-0.39, 0.29) is 13.0 Å². The lowest BCUT2D eigenvalue weighted by Crippen LogP contribution is -2.45. The van der Waals surface area contributed by atoms with Crippen LogP contribution >= 0.6 is 0 Å². The van der Waals surface area contributed by atoms with E-state index in [2.05, 4.69) is 4.74 Å². The molecule has 6 nitrogen and oxygen atoms in total. The van der Waals surface area contributed by atoms with Gasteiger partial charge in [0.2, 0.25) is 0 Å². The standard InChI is InChI=1S/C7H16O6/c1-13-7(12)6(11)5(10)4(9)2-3-8/h4-12H,2-3H2,1H3/t4-,5-,6?,7-/m1/s1. The Morgan fingerprint density at radius 1 is 1.08 bits per heavy atom. The summed E-state index contributed by atoms with van der Waals surface area (Å²) in [7, 11) is 1.15. The average molecular weight is 196 g/mol. The predicted octanol–water partition coefficient (Wildman–Crippen LogP) is -2.58. The maximum Gasteiger partial charge on any atom is 0.183 e. The summed E-state index contributed by atoms with van der Waals surface area (Å²) in [4.78, 5) is 0. The highest BCUT2D eigenvalue weighted by Gasteiger charge is 2.29. The van der Waals surface area contributed by atoms with Gasteiger partial charge in [0, 0.05) is 13.7 Å². The molecule has 0 spiro atoms. The number of methoxy groups -OCH3 is 1. The van der Waals surface area contributed by atoms with Crippen LogP contribution < -0.4 is 0 Å². The summed E-state index contributed by atoms with van der Waals surface area (Å²) in [6.45, 7) is -0.311. The minimum atomic E-state index is -1.59. The van der Waals surface area contributed by atoms with Gasteiger partial charge in [0.1, 0.15) is 12.2 Å². The van der Waals surface area contributed by atoms with Crippen molar-refractivity contribution in [2.45, 2.75) is 31.0 Å². The molecule has 5 N–H and O–H groups in total. The van der Waals surface area contributed by atoms with E-state index in [9.17, 15) is 0 Å². The van der Waals surface area contributed by atoms with Gasteiger partial charge in [-0.2, -0.15) is 0 Å². The van der Waals surface area contributed by atoms with E-state index < -0.39 is 24.6 Å². The molecule has 0 aliphatic heterocycles. The Labute approximate surface area is 76.0 Å². The highest BCUT2D eigenvalue weighted by molar-refractivity contribution is 4.76. The van der Waals surface area contributed by atoms with Crippen LogP contribution in [0.15, 0.2) is 0 Å². The second-order valence-corrected chi connectivity index (χ2v) is 2.69. The Morgan fingerprint density at radius 3 is 2.00 bits per heavy atom. The third-order valence-corrected chi connectivity index (χ3v) is 1.70. The molecule has 0 radical (unpaired) electrons. The zero-order chi connectivity index (χ0) is 10.4. The number of hydrogen-bond donors (Lipinski definition) is 5. The number of hydrogen-bond acceptors (Lipinski definition) is 6. The number of ether oxygens (including phenoxy) is 1. The lowest BCUT2D eigenvalue weighted by molar-refractivity contribution is -0.191. The Morgan fingerprint density at radius 2 is 1.62 bits per heavy atom. The fraction of sp³-hybridized carbons (Fsp3) is 1.00. The second kappa shape index (κ2) is 6.25. The molecule has 0 fully saturated rings. The Hall–Kier alpha value is -0.240. The molecular weight excluding hydrogens is 180 g/mol. The lowest BCUT2D eigenvalue weighted by atomic mass is 10.1. The summed E-state index contributed by atoms with van der Waals surface area (Å²) >= 11 is 0. The molecule has 0 bridgehead atoms. The van der Waals surface area contributed by atoms with Gasteiger partial charge in [-0.15, -0.1) is 0 Å². The zero-order valence-corrected chi connectivity index (χ0v) is 7.37. The maximum absolute atomic E-state index is 9.17. The molecule has 4 atom stereocenters. The van der Waals surface area contributed by atoms with Crippen LogP contribution in [0, 0.1) is 0 Å². The van der Waals surface area contributed by atoms with Gasteiger partial charge in [-0.05, 0) is 6.42 Å². The topological polar surface area (TPSA) is 110 Å². The van der Waals surface area contributed by atoms with E-state index in [1.807, 2.05) is 0 Å². The van der Waals surface area contributed by atoms with Crippen LogP contribution in [0.4, 0.5) is 0 Å². The summed E-state index contributed by atoms with van der Waals surface area (Å²) in [6.07, 6.45) is -6.05. The Bertz CT molecular complexity index is 130. The third-order valence-electron chi connectivity index (χ3n) is 1.70.